The van der Waals surface area contributed by atoms with Crippen molar-refractivity contribution in [2.75, 3.05) is 13.7 Å². The lowest BCUT2D eigenvalue weighted by Gasteiger charge is -2.11. The van der Waals surface area contributed by atoms with E-state index in [1.807, 2.05) is 12.1 Å². The molecule has 15 heavy (non-hydrogen) atoms. The Hall–Kier alpha value is -1.09. The highest BCUT2D eigenvalue weighted by Gasteiger charge is 2.03. The minimum atomic E-state index is 0.715. The molecule has 1 aromatic rings. The van der Waals surface area contributed by atoms with Gasteiger partial charge in [-0.3, -0.25) is 0 Å². The van der Waals surface area contributed by atoms with Crippen LogP contribution in [0.15, 0.2) is 18.3 Å². The van der Waals surface area contributed by atoms with Gasteiger partial charge in [0.1, 0.15) is 0 Å². The SMILES string of the molecule is CC[C@H](C)CNCc1cccnc1OC. The summed E-state index contributed by atoms with van der Waals surface area (Å²) in [6.07, 6.45) is 2.95. The molecule has 3 heteroatoms. The Labute approximate surface area is 91.9 Å². The van der Waals surface area contributed by atoms with Gasteiger partial charge >= 0.3 is 0 Å². The van der Waals surface area contributed by atoms with E-state index in [-0.39, 0.29) is 0 Å². The molecule has 0 saturated heterocycles. The van der Waals surface area contributed by atoms with Gasteiger partial charge in [0.05, 0.1) is 7.11 Å². The number of hydrogen-bond donors (Lipinski definition) is 1. The van der Waals surface area contributed by atoms with E-state index < -0.39 is 0 Å². The average Bonchev–Trinajstić information content (AvgIpc) is 2.29. The Kier molecular flexibility index (Phi) is 5.12. The summed E-state index contributed by atoms with van der Waals surface area (Å²) in [6.45, 7) is 6.31. The highest BCUT2D eigenvalue weighted by molar-refractivity contribution is 5.24. The van der Waals surface area contributed by atoms with Gasteiger partial charge in [-0.25, -0.2) is 4.98 Å². The largest absolute Gasteiger partial charge is 0.481 e. The third-order valence-electron chi connectivity index (χ3n) is 2.55. The molecule has 0 saturated carbocycles. The fourth-order valence-corrected chi connectivity index (χ4v) is 1.34. The predicted molar refractivity (Wildman–Crippen MR) is 62.0 cm³/mol. The molecular formula is C12H20N2O. The van der Waals surface area contributed by atoms with Crippen molar-refractivity contribution in [1.82, 2.24) is 10.3 Å². The van der Waals surface area contributed by atoms with Crippen LogP contribution >= 0.6 is 0 Å². The van der Waals surface area contributed by atoms with Crippen LogP contribution in [0.25, 0.3) is 0 Å². The van der Waals surface area contributed by atoms with Crippen molar-refractivity contribution >= 4 is 0 Å². The normalized spacial score (nSPS) is 12.5. The number of nitrogens with one attached hydrogen (secondary N) is 1. The molecule has 84 valence electrons. The van der Waals surface area contributed by atoms with Gasteiger partial charge in [-0.15, -0.1) is 0 Å². The number of nitrogens with zero attached hydrogens (tertiary/aromatic N) is 1. The summed E-state index contributed by atoms with van der Waals surface area (Å²) >= 11 is 0. The van der Waals surface area contributed by atoms with Crippen molar-refractivity contribution < 1.29 is 4.74 Å². The number of hydrogen-bond acceptors (Lipinski definition) is 3. The highest BCUT2D eigenvalue weighted by atomic mass is 16.5. The third-order valence-corrected chi connectivity index (χ3v) is 2.55. The molecule has 3 nitrogen and oxygen atoms in total. The highest BCUT2D eigenvalue weighted by Crippen LogP contribution is 2.12. The van der Waals surface area contributed by atoms with E-state index in [1.54, 1.807) is 13.3 Å². The molecule has 0 aliphatic carbocycles. The predicted octanol–water partition coefficient (Wildman–Crippen LogP) is 2.23. The lowest BCUT2D eigenvalue weighted by molar-refractivity contribution is 0.389. The maximum Gasteiger partial charge on any atom is 0.217 e. The molecule has 1 atom stereocenters. The van der Waals surface area contributed by atoms with Crippen molar-refractivity contribution in [3.63, 3.8) is 0 Å². The van der Waals surface area contributed by atoms with Gasteiger partial charge in [0, 0.05) is 18.3 Å². The standard InChI is InChI=1S/C12H20N2O/c1-4-10(2)8-13-9-11-6-5-7-14-12(11)15-3/h5-7,10,13H,4,8-9H2,1-3H3/t10-/m0/s1. The zero-order valence-electron chi connectivity index (χ0n) is 9.79. The summed E-state index contributed by atoms with van der Waals surface area (Å²) in [5.74, 6) is 1.43. The number of methoxy groups -OCH3 is 1. The first-order valence-corrected chi connectivity index (χ1v) is 5.46. The Bertz CT molecular complexity index is 289. The second-order valence-corrected chi connectivity index (χ2v) is 3.82. The van der Waals surface area contributed by atoms with E-state index in [2.05, 4.69) is 24.1 Å². The van der Waals surface area contributed by atoms with E-state index in [1.165, 1.54) is 6.42 Å². The maximum atomic E-state index is 5.18. The first-order chi connectivity index (χ1) is 7.27. The molecule has 0 aliphatic heterocycles. The monoisotopic (exact) mass is 208 g/mol. The van der Waals surface area contributed by atoms with Crippen LogP contribution in [0.1, 0.15) is 25.8 Å². The summed E-state index contributed by atoms with van der Waals surface area (Å²) in [7, 11) is 1.65. The summed E-state index contributed by atoms with van der Waals surface area (Å²) in [4.78, 5) is 4.15. The van der Waals surface area contributed by atoms with Gasteiger partial charge < -0.3 is 10.1 Å². The third kappa shape index (κ3) is 3.88. The fraction of sp³-hybridized carbons (Fsp3) is 0.583. The molecule has 0 amide bonds. The minimum absolute atomic E-state index is 0.715. The zero-order valence-corrected chi connectivity index (χ0v) is 9.79. The van der Waals surface area contributed by atoms with Crippen LogP contribution in [0.5, 0.6) is 5.88 Å². The van der Waals surface area contributed by atoms with Gasteiger partial charge in [-0.2, -0.15) is 0 Å². The molecule has 1 rings (SSSR count). The van der Waals surface area contributed by atoms with Crippen LogP contribution in [-0.4, -0.2) is 18.6 Å². The molecule has 1 aromatic heterocycles. The van der Waals surface area contributed by atoms with Crippen molar-refractivity contribution in [1.29, 1.82) is 0 Å². The molecule has 0 aliphatic rings. The average molecular weight is 208 g/mol. The second-order valence-electron chi connectivity index (χ2n) is 3.82. The van der Waals surface area contributed by atoms with Crippen molar-refractivity contribution in [3.8, 4) is 5.88 Å². The van der Waals surface area contributed by atoms with Gasteiger partial charge in [0.15, 0.2) is 0 Å². The summed E-state index contributed by atoms with van der Waals surface area (Å²) in [5.41, 5.74) is 1.11. The van der Waals surface area contributed by atoms with Crippen LogP contribution in [0.4, 0.5) is 0 Å². The number of aromatic nitrogens is 1. The minimum Gasteiger partial charge on any atom is -0.481 e. The molecule has 0 unspecified atom stereocenters. The number of ether oxygens (including phenoxy) is 1. The fourth-order valence-electron chi connectivity index (χ4n) is 1.34. The van der Waals surface area contributed by atoms with Crippen LogP contribution in [0.2, 0.25) is 0 Å². The topological polar surface area (TPSA) is 34.2 Å². The lowest BCUT2D eigenvalue weighted by atomic mass is 10.1. The molecule has 1 heterocycles. The smallest absolute Gasteiger partial charge is 0.217 e. The quantitative estimate of drug-likeness (QED) is 0.778. The van der Waals surface area contributed by atoms with Gasteiger partial charge in [0.25, 0.3) is 0 Å². The summed E-state index contributed by atoms with van der Waals surface area (Å²) < 4.78 is 5.18. The molecule has 0 bridgehead atoms. The van der Waals surface area contributed by atoms with E-state index in [0.717, 1.165) is 18.7 Å². The summed E-state index contributed by atoms with van der Waals surface area (Å²) in [5, 5.41) is 3.41. The van der Waals surface area contributed by atoms with E-state index in [9.17, 15) is 0 Å². The first kappa shape index (κ1) is 12.0. The van der Waals surface area contributed by atoms with Gasteiger partial charge in [-0.1, -0.05) is 26.3 Å². The molecule has 0 radical (unpaired) electrons. The van der Waals surface area contributed by atoms with Crippen molar-refractivity contribution in [2.45, 2.75) is 26.8 Å². The maximum absolute atomic E-state index is 5.18. The second kappa shape index (κ2) is 6.40. The van der Waals surface area contributed by atoms with Crippen LogP contribution in [-0.2, 0) is 6.54 Å². The van der Waals surface area contributed by atoms with Crippen LogP contribution in [0.3, 0.4) is 0 Å². The first-order valence-electron chi connectivity index (χ1n) is 5.46. The van der Waals surface area contributed by atoms with Crippen molar-refractivity contribution in [3.05, 3.63) is 23.9 Å². The van der Waals surface area contributed by atoms with E-state index in [4.69, 9.17) is 4.74 Å². The summed E-state index contributed by atoms with van der Waals surface area (Å²) in [6, 6.07) is 3.97. The molecule has 1 N–H and O–H groups in total. The molecular weight excluding hydrogens is 188 g/mol. The van der Waals surface area contributed by atoms with Gasteiger partial charge in [0.2, 0.25) is 5.88 Å². The number of rotatable bonds is 6. The van der Waals surface area contributed by atoms with Gasteiger partial charge in [-0.05, 0) is 18.5 Å². The Balaban J connectivity index is 2.43. The zero-order chi connectivity index (χ0) is 11.1. The molecule has 0 spiro atoms. The van der Waals surface area contributed by atoms with Crippen molar-refractivity contribution in [2.24, 2.45) is 5.92 Å². The molecule has 0 aromatic carbocycles. The Morgan fingerprint density at radius 1 is 1.53 bits per heavy atom. The number of pyridine rings is 1. The Morgan fingerprint density at radius 3 is 3.00 bits per heavy atom. The van der Waals surface area contributed by atoms with E-state index >= 15 is 0 Å². The van der Waals surface area contributed by atoms with E-state index in [0.29, 0.717) is 11.8 Å². The van der Waals surface area contributed by atoms with Crippen LogP contribution in [0, 0.1) is 5.92 Å². The van der Waals surface area contributed by atoms with Crippen LogP contribution < -0.4 is 10.1 Å². The molecule has 0 fully saturated rings. The Morgan fingerprint density at radius 2 is 2.33 bits per heavy atom. The lowest BCUT2D eigenvalue weighted by Crippen LogP contribution is -2.20.